The number of amides is 1. The number of nitrogens with one attached hydrogen (secondary N) is 1. The maximum Gasteiger partial charge on any atom is 0.257 e. The SMILES string of the molecule is O=C(Nc1ccc(-c2nc3ccccc3o2)cc1)c1cc(I)ccc1Cl. The number of aromatic nitrogens is 1. The lowest BCUT2D eigenvalue weighted by Crippen LogP contribution is -2.12. The molecule has 0 aliphatic carbocycles. The molecule has 0 unspecified atom stereocenters. The molecule has 0 spiro atoms. The van der Waals surface area contributed by atoms with Crippen molar-refractivity contribution >= 4 is 56.9 Å². The highest BCUT2D eigenvalue weighted by atomic mass is 127. The third-order valence-corrected chi connectivity index (χ3v) is 4.86. The van der Waals surface area contributed by atoms with Crippen LogP contribution in [-0.4, -0.2) is 10.9 Å². The highest BCUT2D eigenvalue weighted by Gasteiger charge is 2.12. The first-order valence-corrected chi connectivity index (χ1v) is 9.28. The quantitative estimate of drug-likeness (QED) is 0.370. The molecule has 4 nitrogen and oxygen atoms in total. The van der Waals surface area contributed by atoms with E-state index >= 15 is 0 Å². The second-order valence-corrected chi connectivity index (χ2v) is 7.30. The standard InChI is InChI=1S/C20H12ClIN2O2/c21-16-10-7-13(22)11-15(16)19(25)23-14-8-5-12(6-9-14)20-24-17-3-1-2-4-18(17)26-20/h1-11H,(H,23,25). The third-order valence-electron chi connectivity index (χ3n) is 3.86. The van der Waals surface area contributed by atoms with Gasteiger partial charge in [0, 0.05) is 14.8 Å². The number of para-hydroxylation sites is 2. The summed E-state index contributed by atoms with van der Waals surface area (Å²) in [7, 11) is 0. The minimum absolute atomic E-state index is 0.247. The summed E-state index contributed by atoms with van der Waals surface area (Å²) in [5.74, 6) is 0.299. The van der Waals surface area contributed by atoms with E-state index in [1.54, 1.807) is 12.1 Å². The number of fused-ring (bicyclic) bond motifs is 1. The van der Waals surface area contributed by atoms with Crippen molar-refractivity contribution in [2.24, 2.45) is 0 Å². The molecule has 0 fully saturated rings. The van der Waals surface area contributed by atoms with Gasteiger partial charge in [-0.05, 0) is 77.2 Å². The van der Waals surface area contributed by atoms with Crippen molar-refractivity contribution in [3.63, 3.8) is 0 Å². The number of oxazole rings is 1. The van der Waals surface area contributed by atoms with Gasteiger partial charge in [-0.15, -0.1) is 0 Å². The van der Waals surface area contributed by atoms with Gasteiger partial charge in [0.05, 0.1) is 10.6 Å². The molecular formula is C20H12ClIN2O2. The Kier molecular flexibility index (Phi) is 4.65. The van der Waals surface area contributed by atoms with Crippen LogP contribution >= 0.6 is 34.2 Å². The van der Waals surface area contributed by atoms with Crippen LogP contribution in [0.2, 0.25) is 5.02 Å². The van der Waals surface area contributed by atoms with Gasteiger partial charge in [-0.1, -0.05) is 23.7 Å². The van der Waals surface area contributed by atoms with Crippen LogP contribution in [0.1, 0.15) is 10.4 Å². The summed E-state index contributed by atoms with van der Waals surface area (Å²) in [5, 5.41) is 3.28. The van der Waals surface area contributed by atoms with Crippen LogP contribution < -0.4 is 5.32 Å². The Bertz CT molecular complexity index is 1070. The molecule has 0 atom stereocenters. The monoisotopic (exact) mass is 474 g/mol. The van der Waals surface area contributed by atoms with Gasteiger partial charge in [0.2, 0.25) is 5.89 Å². The lowest BCUT2D eigenvalue weighted by Gasteiger charge is -2.07. The van der Waals surface area contributed by atoms with Crippen LogP contribution in [0.4, 0.5) is 5.69 Å². The summed E-state index contributed by atoms with van der Waals surface area (Å²) < 4.78 is 6.70. The normalized spacial score (nSPS) is 10.8. The molecule has 1 N–H and O–H groups in total. The number of halogens is 2. The molecule has 0 radical (unpaired) electrons. The predicted molar refractivity (Wildman–Crippen MR) is 112 cm³/mol. The first-order chi connectivity index (χ1) is 12.6. The average molecular weight is 475 g/mol. The van der Waals surface area contributed by atoms with Crippen molar-refractivity contribution in [1.82, 2.24) is 4.98 Å². The first-order valence-electron chi connectivity index (χ1n) is 7.82. The van der Waals surface area contributed by atoms with Gasteiger partial charge in [0.1, 0.15) is 5.52 Å². The molecular weight excluding hydrogens is 463 g/mol. The van der Waals surface area contributed by atoms with E-state index in [0.717, 1.165) is 20.2 Å². The molecule has 1 amide bonds. The molecule has 0 saturated carbocycles. The van der Waals surface area contributed by atoms with Crippen molar-refractivity contribution < 1.29 is 9.21 Å². The van der Waals surface area contributed by atoms with Gasteiger partial charge in [-0.25, -0.2) is 4.98 Å². The Hall–Kier alpha value is -2.38. The number of anilines is 1. The minimum atomic E-state index is -0.247. The number of carbonyl (C=O) groups is 1. The molecule has 128 valence electrons. The van der Waals surface area contributed by atoms with Crippen LogP contribution in [0.3, 0.4) is 0 Å². The molecule has 0 aliphatic rings. The number of hydrogen-bond donors (Lipinski definition) is 1. The van der Waals surface area contributed by atoms with Crippen molar-refractivity contribution in [2.75, 3.05) is 5.32 Å². The molecule has 0 bridgehead atoms. The summed E-state index contributed by atoms with van der Waals surface area (Å²) in [6.45, 7) is 0. The third kappa shape index (κ3) is 3.45. The van der Waals surface area contributed by atoms with Crippen LogP contribution in [0, 0.1) is 3.57 Å². The number of hydrogen-bond acceptors (Lipinski definition) is 3. The molecule has 1 heterocycles. The van der Waals surface area contributed by atoms with Crippen LogP contribution in [0.15, 0.2) is 71.1 Å². The maximum atomic E-state index is 12.4. The zero-order valence-corrected chi connectivity index (χ0v) is 16.3. The van der Waals surface area contributed by atoms with E-state index < -0.39 is 0 Å². The molecule has 1 aromatic heterocycles. The van der Waals surface area contributed by atoms with E-state index in [9.17, 15) is 4.79 Å². The summed E-state index contributed by atoms with van der Waals surface area (Å²) in [6.07, 6.45) is 0. The average Bonchev–Trinajstić information content (AvgIpc) is 3.08. The fourth-order valence-corrected chi connectivity index (χ4v) is 3.26. The number of nitrogens with zero attached hydrogens (tertiary/aromatic N) is 1. The second kappa shape index (κ2) is 7.09. The zero-order chi connectivity index (χ0) is 18.1. The fraction of sp³-hybridized carbons (Fsp3) is 0. The van der Waals surface area contributed by atoms with Gasteiger partial charge in [0.25, 0.3) is 5.91 Å². The van der Waals surface area contributed by atoms with E-state index in [4.69, 9.17) is 16.0 Å². The van der Waals surface area contributed by atoms with Crippen molar-refractivity contribution in [3.8, 4) is 11.5 Å². The van der Waals surface area contributed by atoms with Gasteiger partial charge >= 0.3 is 0 Å². The lowest BCUT2D eigenvalue weighted by atomic mass is 10.2. The fourth-order valence-electron chi connectivity index (χ4n) is 2.56. The maximum absolute atomic E-state index is 12.4. The Labute approximate surface area is 168 Å². The predicted octanol–water partition coefficient (Wildman–Crippen LogP) is 6.01. The Morgan fingerprint density at radius 3 is 2.58 bits per heavy atom. The molecule has 3 aromatic carbocycles. The van der Waals surface area contributed by atoms with E-state index in [0.29, 0.717) is 22.2 Å². The number of carbonyl (C=O) groups excluding carboxylic acids is 1. The van der Waals surface area contributed by atoms with Crippen LogP contribution in [-0.2, 0) is 0 Å². The van der Waals surface area contributed by atoms with Gasteiger partial charge in [-0.2, -0.15) is 0 Å². The Balaban J connectivity index is 1.56. The summed E-state index contributed by atoms with van der Waals surface area (Å²) in [5.41, 5.74) is 3.51. The van der Waals surface area contributed by atoms with Gasteiger partial charge < -0.3 is 9.73 Å². The zero-order valence-electron chi connectivity index (χ0n) is 13.4. The molecule has 0 aliphatic heterocycles. The summed E-state index contributed by atoms with van der Waals surface area (Å²) >= 11 is 8.26. The van der Waals surface area contributed by atoms with Crippen LogP contribution in [0.5, 0.6) is 0 Å². The highest BCUT2D eigenvalue weighted by molar-refractivity contribution is 14.1. The topological polar surface area (TPSA) is 55.1 Å². The van der Waals surface area contributed by atoms with E-state index in [-0.39, 0.29) is 5.91 Å². The van der Waals surface area contributed by atoms with Gasteiger partial charge in [-0.3, -0.25) is 4.79 Å². The highest BCUT2D eigenvalue weighted by Crippen LogP contribution is 2.26. The molecule has 4 rings (SSSR count). The second-order valence-electron chi connectivity index (χ2n) is 5.64. The largest absolute Gasteiger partial charge is 0.436 e. The number of benzene rings is 3. The van der Waals surface area contributed by atoms with Gasteiger partial charge in [0.15, 0.2) is 5.58 Å². The molecule has 26 heavy (non-hydrogen) atoms. The van der Waals surface area contributed by atoms with Crippen molar-refractivity contribution in [1.29, 1.82) is 0 Å². The molecule has 0 saturated heterocycles. The first kappa shape index (κ1) is 17.1. The smallest absolute Gasteiger partial charge is 0.257 e. The van der Waals surface area contributed by atoms with E-state index in [2.05, 4.69) is 32.9 Å². The Morgan fingerprint density at radius 1 is 1.04 bits per heavy atom. The van der Waals surface area contributed by atoms with Crippen LogP contribution in [0.25, 0.3) is 22.6 Å². The van der Waals surface area contributed by atoms with E-state index in [1.807, 2.05) is 54.6 Å². The lowest BCUT2D eigenvalue weighted by molar-refractivity contribution is 0.102. The van der Waals surface area contributed by atoms with Crippen molar-refractivity contribution in [3.05, 3.63) is 80.9 Å². The summed E-state index contributed by atoms with van der Waals surface area (Å²) in [4.78, 5) is 16.9. The molecule has 6 heteroatoms. The number of rotatable bonds is 3. The Morgan fingerprint density at radius 2 is 1.81 bits per heavy atom. The van der Waals surface area contributed by atoms with E-state index in [1.165, 1.54) is 0 Å². The summed E-state index contributed by atoms with van der Waals surface area (Å²) in [6, 6.07) is 20.3. The minimum Gasteiger partial charge on any atom is -0.436 e. The van der Waals surface area contributed by atoms with Crippen molar-refractivity contribution in [2.45, 2.75) is 0 Å². The molecule has 4 aromatic rings.